The van der Waals surface area contributed by atoms with Crippen LogP contribution in [0.4, 0.5) is 10.1 Å². The van der Waals surface area contributed by atoms with E-state index in [2.05, 4.69) is 17.0 Å². The molecule has 1 aliphatic rings. The summed E-state index contributed by atoms with van der Waals surface area (Å²) in [5.41, 5.74) is 2.02. The highest BCUT2D eigenvalue weighted by Gasteiger charge is 2.21. The predicted molar refractivity (Wildman–Crippen MR) is 133 cm³/mol. The normalized spacial score (nSPS) is 15.5. The first-order valence-electron chi connectivity index (χ1n) is 10.2. The Morgan fingerprint density at radius 2 is 1.88 bits per heavy atom. The number of hydrogen-bond donors (Lipinski definition) is 0. The summed E-state index contributed by atoms with van der Waals surface area (Å²) in [4.78, 5) is 16.4. The molecule has 3 heterocycles. The standard InChI is InChI=1S/C24H21FN3OS3.ClH/c1-4-28-22(14-21-27(3)17-10-7-8-15(25)23(17)32-21)31-19(24(28)29)12-13-20-26(2)16-9-5-6-11-18(16)30-20;/h5-14H,4H2,1-3H3;1H/q+1;/p-1/b19-12-,20-13-;. The van der Waals surface area contributed by atoms with Crippen molar-refractivity contribution in [3.05, 3.63) is 83.9 Å². The first kappa shape index (κ1) is 23.8. The van der Waals surface area contributed by atoms with E-state index in [1.807, 2.05) is 62.0 Å². The van der Waals surface area contributed by atoms with Gasteiger partial charge < -0.3 is 17.3 Å². The zero-order chi connectivity index (χ0) is 22.4. The third kappa shape index (κ3) is 4.17. The summed E-state index contributed by atoms with van der Waals surface area (Å²) in [6.45, 7) is 2.55. The Hall–Kier alpha value is -2.39. The highest BCUT2D eigenvalue weighted by atomic mass is 35.5. The van der Waals surface area contributed by atoms with Gasteiger partial charge in [-0.05, 0) is 37.3 Å². The molecule has 0 fully saturated rings. The number of thioether (sulfide) groups is 1. The molecular weight excluding hydrogens is 497 g/mol. The predicted octanol–water partition coefficient (Wildman–Crippen LogP) is 0.805. The van der Waals surface area contributed by atoms with Crippen molar-refractivity contribution in [2.45, 2.75) is 18.4 Å². The van der Waals surface area contributed by atoms with Gasteiger partial charge in [0.2, 0.25) is 5.52 Å². The molecule has 4 aromatic rings. The number of thiazole rings is 2. The highest BCUT2D eigenvalue weighted by Crippen LogP contribution is 2.44. The molecule has 9 heteroatoms. The van der Waals surface area contributed by atoms with Crippen molar-refractivity contribution in [3.8, 4) is 0 Å². The first-order valence-corrected chi connectivity index (χ1v) is 12.6. The number of aryl methyl sites for hydroxylation is 1. The van der Waals surface area contributed by atoms with Gasteiger partial charge in [-0.15, -0.1) is 11.3 Å². The Bertz CT molecular complexity index is 1570. The number of benzene rings is 2. The Labute approximate surface area is 209 Å². The van der Waals surface area contributed by atoms with Gasteiger partial charge >= 0.3 is 0 Å². The maximum Gasteiger partial charge on any atom is 0.269 e. The van der Waals surface area contributed by atoms with E-state index in [1.54, 1.807) is 22.4 Å². The highest BCUT2D eigenvalue weighted by molar-refractivity contribution is 8.03. The molecule has 0 N–H and O–H groups in total. The second-order valence-corrected chi connectivity index (χ2v) is 10.5. The molecule has 0 saturated carbocycles. The van der Waals surface area contributed by atoms with Crippen molar-refractivity contribution in [3.63, 3.8) is 0 Å². The summed E-state index contributed by atoms with van der Waals surface area (Å²) in [6.07, 6.45) is 5.90. The fraction of sp³-hybridized carbons (Fsp3) is 0.167. The Kier molecular flexibility index (Phi) is 6.81. The van der Waals surface area contributed by atoms with E-state index < -0.39 is 0 Å². The van der Waals surface area contributed by atoms with E-state index in [1.165, 1.54) is 39.3 Å². The number of allylic oxidation sites excluding steroid dienone is 1. The van der Waals surface area contributed by atoms with E-state index >= 15 is 0 Å². The van der Waals surface area contributed by atoms with Crippen LogP contribution in [0.5, 0.6) is 0 Å². The average Bonchev–Trinajstić information content (AvgIpc) is 3.40. The lowest BCUT2D eigenvalue weighted by molar-refractivity contribution is -0.642. The van der Waals surface area contributed by atoms with E-state index in [0.29, 0.717) is 15.8 Å². The van der Waals surface area contributed by atoms with Gasteiger partial charge in [0.15, 0.2) is 0 Å². The summed E-state index contributed by atoms with van der Waals surface area (Å²) < 4.78 is 20.1. The number of halogens is 2. The van der Waals surface area contributed by atoms with Crippen LogP contribution in [0, 0.1) is 5.82 Å². The number of rotatable bonds is 3. The van der Waals surface area contributed by atoms with E-state index in [4.69, 9.17) is 0 Å². The minimum Gasteiger partial charge on any atom is -1.00 e. The number of fused-ring (bicyclic) bond motifs is 2. The molecule has 0 radical (unpaired) electrons. The van der Waals surface area contributed by atoms with Gasteiger partial charge in [0.1, 0.15) is 22.2 Å². The van der Waals surface area contributed by atoms with Crippen molar-refractivity contribution in [2.75, 3.05) is 11.9 Å². The number of nitrogens with zero attached hydrogens (tertiary/aromatic N) is 3. The zero-order valence-electron chi connectivity index (χ0n) is 18.2. The summed E-state index contributed by atoms with van der Waals surface area (Å²) in [5.74, 6) is -0.221. The quantitative estimate of drug-likeness (QED) is 0.377. The summed E-state index contributed by atoms with van der Waals surface area (Å²) >= 11 is 4.56. The Morgan fingerprint density at radius 3 is 2.61 bits per heavy atom. The van der Waals surface area contributed by atoms with Crippen LogP contribution in [0.2, 0.25) is 0 Å². The molecule has 0 atom stereocenters. The monoisotopic (exact) mass is 517 g/mol. The summed E-state index contributed by atoms with van der Waals surface area (Å²) in [7, 11) is 3.96. The maximum atomic E-state index is 14.2. The number of para-hydroxylation sites is 1. The molecule has 0 spiro atoms. The van der Waals surface area contributed by atoms with Crippen LogP contribution in [0.25, 0.3) is 22.4 Å². The van der Waals surface area contributed by atoms with Crippen molar-refractivity contribution in [2.24, 2.45) is 7.05 Å². The van der Waals surface area contributed by atoms with Crippen LogP contribution in [-0.2, 0) is 13.6 Å². The molecule has 0 aliphatic carbocycles. The van der Waals surface area contributed by atoms with Gasteiger partial charge in [-0.25, -0.2) is 4.39 Å². The van der Waals surface area contributed by atoms with Gasteiger partial charge in [-0.1, -0.05) is 41.3 Å². The van der Waals surface area contributed by atoms with E-state index in [-0.39, 0.29) is 23.8 Å². The molecule has 2 aromatic carbocycles. The summed E-state index contributed by atoms with van der Waals surface area (Å²) in [6, 6.07) is 13.4. The number of aromatic nitrogens is 2. The Balaban J connectivity index is 0.00000259. The molecule has 0 unspecified atom stereocenters. The SMILES string of the molecule is CCn1c(=O)/c(=C/C=C2\Sc3ccccc3N2C)s/c1=C\c1sc2c(F)cccc2[n+]1C.[Cl-]. The van der Waals surface area contributed by atoms with E-state index in [9.17, 15) is 9.18 Å². The summed E-state index contributed by atoms with van der Waals surface area (Å²) in [5, 5.41) is 1.99. The Morgan fingerprint density at radius 1 is 1.09 bits per heavy atom. The van der Waals surface area contributed by atoms with Crippen LogP contribution in [-0.4, -0.2) is 11.6 Å². The van der Waals surface area contributed by atoms with Crippen LogP contribution < -0.4 is 36.6 Å². The number of anilines is 1. The smallest absolute Gasteiger partial charge is 0.269 e. The minimum atomic E-state index is -0.221. The molecule has 33 heavy (non-hydrogen) atoms. The van der Waals surface area contributed by atoms with Gasteiger partial charge in [0, 0.05) is 24.6 Å². The van der Waals surface area contributed by atoms with Crippen LogP contribution >= 0.6 is 34.4 Å². The molecule has 2 aromatic heterocycles. The molecule has 1 aliphatic heterocycles. The topological polar surface area (TPSA) is 29.1 Å². The lowest BCUT2D eigenvalue weighted by Gasteiger charge is -2.12. The van der Waals surface area contributed by atoms with Gasteiger partial charge in [-0.2, -0.15) is 4.57 Å². The van der Waals surface area contributed by atoms with Crippen LogP contribution in [0.15, 0.2) is 63.3 Å². The largest absolute Gasteiger partial charge is 1.00 e. The van der Waals surface area contributed by atoms with Gasteiger partial charge in [-0.3, -0.25) is 9.36 Å². The second-order valence-electron chi connectivity index (χ2n) is 7.39. The van der Waals surface area contributed by atoms with E-state index in [0.717, 1.165) is 20.2 Å². The third-order valence-corrected chi connectivity index (χ3v) is 8.96. The molecule has 170 valence electrons. The van der Waals surface area contributed by atoms with Gasteiger partial charge in [0.25, 0.3) is 10.6 Å². The third-order valence-electron chi connectivity index (χ3n) is 5.49. The van der Waals surface area contributed by atoms with Crippen molar-refractivity contribution >= 4 is 62.5 Å². The number of hydrogen-bond acceptors (Lipinski definition) is 5. The molecule has 4 nitrogen and oxygen atoms in total. The molecule has 0 amide bonds. The first-order chi connectivity index (χ1) is 15.5. The maximum absolute atomic E-state index is 14.2. The molecule has 5 rings (SSSR count). The molecule has 0 saturated heterocycles. The average molecular weight is 518 g/mol. The fourth-order valence-electron chi connectivity index (χ4n) is 3.76. The minimum absolute atomic E-state index is 0. The van der Waals surface area contributed by atoms with Crippen LogP contribution in [0.1, 0.15) is 11.9 Å². The molecular formula is C24H21ClFN3OS3. The lowest BCUT2D eigenvalue weighted by Crippen LogP contribution is -3.00. The molecule has 0 bridgehead atoms. The van der Waals surface area contributed by atoms with Crippen molar-refractivity contribution in [1.82, 2.24) is 4.57 Å². The lowest BCUT2D eigenvalue weighted by atomic mass is 10.3. The van der Waals surface area contributed by atoms with Gasteiger partial charge in [0.05, 0.1) is 21.3 Å². The second kappa shape index (κ2) is 9.46. The van der Waals surface area contributed by atoms with Crippen LogP contribution in [0.3, 0.4) is 0 Å². The van der Waals surface area contributed by atoms with Crippen molar-refractivity contribution < 1.29 is 21.4 Å². The zero-order valence-corrected chi connectivity index (χ0v) is 21.4. The van der Waals surface area contributed by atoms with Crippen molar-refractivity contribution in [1.29, 1.82) is 0 Å². The fourth-order valence-corrected chi connectivity index (χ4v) is 7.03.